The number of carbonyl (C=O) groups excluding carboxylic acids is 3. The topological polar surface area (TPSA) is 142 Å². The van der Waals surface area contributed by atoms with E-state index in [2.05, 4.69) is 12.2 Å². The zero-order chi connectivity index (χ0) is 31.7. The fourth-order valence-corrected chi connectivity index (χ4v) is 9.52. The number of aliphatic hydroxyl groups is 3. The number of rotatable bonds is 6. The number of ketones is 2. The van der Waals surface area contributed by atoms with E-state index in [1.165, 1.54) is 0 Å². The van der Waals surface area contributed by atoms with Crippen molar-refractivity contribution in [3.05, 3.63) is 89.0 Å². The minimum Gasteiger partial charge on any atom is -0.393 e. The van der Waals surface area contributed by atoms with Gasteiger partial charge in [0.05, 0.1) is 18.8 Å². The molecule has 1 aliphatic heterocycles. The number of hydrogen-bond donors (Lipinski definition) is 4. The Balaban J connectivity index is 1.13. The average molecular weight is 614 g/mol. The number of nitrogens with one attached hydrogen (secondary N) is 1. The summed E-state index contributed by atoms with van der Waals surface area (Å²) in [5, 5.41) is 34.1. The Morgan fingerprint density at radius 3 is 2.47 bits per heavy atom. The molecule has 9 nitrogen and oxygen atoms in total. The van der Waals surface area contributed by atoms with Gasteiger partial charge in [-0.1, -0.05) is 49.8 Å². The van der Waals surface area contributed by atoms with Crippen LogP contribution in [0.1, 0.15) is 67.3 Å². The van der Waals surface area contributed by atoms with Crippen LogP contribution in [0, 0.1) is 28.6 Å². The quantitative estimate of drug-likeness (QED) is 0.383. The van der Waals surface area contributed by atoms with Crippen LogP contribution in [0.4, 0.5) is 5.69 Å². The summed E-state index contributed by atoms with van der Waals surface area (Å²) in [5.74, 6) is -0.749. The number of aliphatic hydroxyl groups excluding tert-OH is 3. The number of amides is 1. The second-order valence-corrected chi connectivity index (χ2v) is 13.8. The van der Waals surface area contributed by atoms with E-state index in [-0.39, 0.29) is 36.1 Å². The third-order valence-electron chi connectivity index (χ3n) is 11.6. The molecule has 0 spiro atoms. The van der Waals surface area contributed by atoms with Gasteiger partial charge < -0.3 is 30.1 Å². The summed E-state index contributed by atoms with van der Waals surface area (Å²) < 4.78 is 13.2. The number of fused-ring (bicyclic) bond motifs is 7. The molecule has 1 amide bonds. The second kappa shape index (κ2) is 10.8. The molecular formula is C36H39NO8. The fraction of sp³-hybridized carbons (Fsp3) is 0.472. The van der Waals surface area contributed by atoms with E-state index in [1.807, 2.05) is 13.0 Å². The van der Waals surface area contributed by atoms with E-state index in [0.717, 1.165) is 24.0 Å². The molecule has 5 aliphatic rings. The Morgan fingerprint density at radius 1 is 1.04 bits per heavy atom. The summed E-state index contributed by atoms with van der Waals surface area (Å²) in [6.07, 6.45) is 5.50. The maximum Gasteiger partial charge on any atom is 0.255 e. The molecule has 7 rings (SSSR count). The van der Waals surface area contributed by atoms with Gasteiger partial charge in [0.2, 0.25) is 0 Å². The summed E-state index contributed by atoms with van der Waals surface area (Å²) in [5.41, 5.74) is 0.841. The monoisotopic (exact) mass is 613 g/mol. The summed E-state index contributed by atoms with van der Waals surface area (Å²) in [4.78, 5) is 38.6. The third-order valence-corrected chi connectivity index (χ3v) is 11.6. The molecule has 2 aromatic rings. The number of anilines is 1. The number of benzene rings is 2. The first kappa shape index (κ1) is 30.2. The predicted octanol–water partition coefficient (Wildman–Crippen LogP) is 4.03. The molecule has 0 bridgehead atoms. The summed E-state index contributed by atoms with van der Waals surface area (Å²) in [6.45, 7) is 3.33. The van der Waals surface area contributed by atoms with E-state index in [0.29, 0.717) is 29.7 Å². The number of hydrogen-bond acceptors (Lipinski definition) is 8. The SMILES string of the molecule is C[C@]12C=CC(=O)C=C1CC[C@@H]1[C@@H]2[C@@H](O)C[C@@]2(C)[C@H]1C[C@H]1O[C@@H](c3ccc(NC(=O)c4ccc(CO)cc4)cc3)O[C@]12C(=O)CO. The van der Waals surface area contributed by atoms with E-state index < -0.39 is 47.3 Å². The van der Waals surface area contributed by atoms with Crippen LogP contribution in [0.3, 0.4) is 0 Å². The second-order valence-electron chi connectivity index (χ2n) is 13.8. The third kappa shape index (κ3) is 4.43. The van der Waals surface area contributed by atoms with Crippen molar-refractivity contribution in [2.24, 2.45) is 28.6 Å². The van der Waals surface area contributed by atoms with Gasteiger partial charge in [0.25, 0.3) is 5.91 Å². The molecule has 0 radical (unpaired) electrons. The molecule has 9 atom stereocenters. The van der Waals surface area contributed by atoms with Crippen LogP contribution in [0.15, 0.2) is 72.3 Å². The minimum absolute atomic E-state index is 0.0146. The van der Waals surface area contributed by atoms with Crippen LogP contribution in [-0.4, -0.2) is 57.2 Å². The van der Waals surface area contributed by atoms with Gasteiger partial charge in [0, 0.05) is 33.6 Å². The smallest absolute Gasteiger partial charge is 0.255 e. The lowest BCUT2D eigenvalue weighted by Gasteiger charge is -2.59. The van der Waals surface area contributed by atoms with Crippen LogP contribution < -0.4 is 5.32 Å². The van der Waals surface area contributed by atoms with E-state index >= 15 is 0 Å². The van der Waals surface area contributed by atoms with Gasteiger partial charge in [-0.25, -0.2) is 0 Å². The van der Waals surface area contributed by atoms with Crippen molar-refractivity contribution in [1.82, 2.24) is 0 Å². The molecular weight excluding hydrogens is 574 g/mol. The number of carbonyl (C=O) groups is 3. The maximum atomic E-state index is 13.7. The first-order valence-electron chi connectivity index (χ1n) is 15.7. The van der Waals surface area contributed by atoms with E-state index in [9.17, 15) is 29.7 Å². The maximum absolute atomic E-state index is 13.7. The molecule has 1 saturated heterocycles. The molecule has 4 aliphatic carbocycles. The van der Waals surface area contributed by atoms with Gasteiger partial charge in [-0.2, -0.15) is 0 Å². The van der Waals surface area contributed by atoms with Gasteiger partial charge in [-0.05, 0) is 79.5 Å². The number of Topliss-reactive ketones (excluding diaryl/α,β-unsaturated/α-hetero) is 1. The Morgan fingerprint density at radius 2 is 1.78 bits per heavy atom. The highest BCUT2D eigenvalue weighted by molar-refractivity contribution is 6.04. The van der Waals surface area contributed by atoms with Crippen LogP contribution in [0.2, 0.25) is 0 Å². The summed E-state index contributed by atoms with van der Waals surface area (Å²) in [7, 11) is 0. The molecule has 0 aromatic heterocycles. The van der Waals surface area contributed by atoms with Crippen molar-refractivity contribution in [3.8, 4) is 0 Å². The Kier molecular flexibility index (Phi) is 7.26. The molecule has 0 unspecified atom stereocenters. The highest BCUT2D eigenvalue weighted by Crippen LogP contribution is 2.70. The molecule has 4 fully saturated rings. The van der Waals surface area contributed by atoms with Crippen LogP contribution >= 0.6 is 0 Å². The van der Waals surface area contributed by atoms with Crippen molar-refractivity contribution in [3.63, 3.8) is 0 Å². The molecule has 9 heteroatoms. The highest BCUT2D eigenvalue weighted by atomic mass is 16.7. The van der Waals surface area contributed by atoms with Crippen LogP contribution in [-0.2, 0) is 25.7 Å². The molecule has 1 heterocycles. The molecule has 236 valence electrons. The first-order valence-corrected chi connectivity index (χ1v) is 15.7. The largest absolute Gasteiger partial charge is 0.393 e. The standard InChI is InChI=1S/C36H39NO8/c1-34-14-13-25(40)15-23(34)9-12-26-27-16-30-36(29(42)19-39,35(27,2)17-28(41)31(26)34)45-33(44-30)22-7-10-24(11-8-22)37-32(43)21-5-3-20(18-38)4-6-21/h3-8,10-11,13-15,26-28,30-31,33,38-39,41H,9,12,16-19H2,1-2H3,(H,37,43)/t26-,27-,28-,30+,31+,33+,34-,35-,36+/m0/s1. The van der Waals surface area contributed by atoms with Crippen molar-refractivity contribution < 1.29 is 39.2 Å². The van der Waals surface area contributed by atoms with Gasteiger partial charge in [-0.3, -0.25) is 14.4 Å². The fourth-order valence-electron chi connectivity index (χ4n) is 9.52. The van der Waals surface area contributed by atoms with E-state index in [1.54, 1.807) is 60.7 Å². The Labute approximate surface area is 261 Å². The van der Waals surface area contributed by atoms with Gasteiger partial charge in [0.1, 0.15) is 6.61 Å². The normalized spacial score (nSPS) is 38.1. The predicted molar refractivity (Wildman–Crippen MR) is 164 cm³/mol. The van der Waals surface area contributed by atoms with Crippen molar-refractivity contribution in [2.75, 3.05) is 11.9 Å². The first-order chi connectivity index (χ1) is 21.5. The minimum atomic E-state index is -1.42. The number of ether oxygens (including phenoxy) is 2. The molecule has 3 saturated carbocycles. The average Bonchev–Trinajstić information content (AvgIpc) is 3.54. The highest BCUT2D eigenvalue weighted by Gasteiger charge is 2.75. The summed E-state index contributed by atoms with van der Waals surface area (Å²) >= 11 is 0. The zero-order valence-electron chi connectivity index (χ0n) is 25.4. The van der Waals surface area contributed by atoms with Gasteiger partial charge in [0.15, 0.2) is 23.5 Å². The van der Waals surface area contributed by atoms with Crippen molar-refractivity contribution in [2.45, 2.75) is 70.2 Å². The zero-order valence-corrected chi connectivity index (χ0v) is 25.4. The number of allylic oxidation sites excluding steroid dienone is 4. The Hall–Kier alpha value is -3.47. The lowest BCUT2D eigenvalue weighted by atomic mass is 9.46. The van der Waals surface area contributed by atoms with Crippen LogP contribution in [0.5, 0.6) is 0 Å². The molecule has 4 N–H and O–H groups in total. The summed E-state index contributed by atoms with van der Waals surface area (Å²) in [6, 6.07) is 13.7. The van der Waals surface area contributed by atoms with Crippen molar-refractivity contribution >= 4 is 23.2 Å². The van der Waals surface area contributed by atoms with Crippen molar-refractivity contribution in [1.29, 1.82) is 0 Å². The van der Waals surface area contributed by atoms with Crippen LogP contribution in [0.25, 0.3) is 0 Å². The van der Waals surface area contributed by atoms with Gasteiger partial charge in [-0.15, -0.1) is 0 Å². The molecule has 2 aromatic carbocycles. The lowest BCUT2D eigenvalue weighted by molar-refractivity contribution is -0.201. The Bertz CT molecular complexity index is 1600. The van der Waals surface area contributed by atoms with E-state index in [4.69, 9.17) is 9.47 Å². The lowest BCUT2D eigenvalue weighted by Crippen LogP contribution is -2.63. The van der Waals surface area contributed by atoms with Gasteiger partial charge >= 0.3 is 0 Å². The molecule has 45 heavy (non-hydrogen) atoms.